The Labute approximate surface area is 110 Å². The molecule has 2 aromatic rings. The fourth-order valence-corrected chi connectivity index (χ4v) is 2.60. The number of hydrogen-bond acceptors (Lipinski definition) is 4. The normalized spacial score (nSPS) is 24.1. The third kappa shape index (κ3) is 2.22. The van der Waals surface area contributed by atoms with E-state index < -0.39 is 11.5 Å². The zero-order valence-corrected chi connectivity index (χ0v) is 10.5. The first-order valence-electron chi connectivity index (χ1n) is 6.28. The average Bonchev–Trinajstić information content (AvgIpc) is 2.96. The van der Waals surface area contributed by atoms with E-state index in [-0.39, 0.29) is 0 Å². The molecule has 0 amide bonds. The molecule has 19 heavy (non-hydrogen) atoms. The largest absolute Gasteiger partial charge is 0.480 e. The van der Waals surface area contributed by atoms with Gasteiger partial charge in [0, 0.05) is 25.0 Å². The number of benzene rings is 1. The molecule has 1 atom stereocenters. The molecule has 0 radical (unpaired) electrons. The summed E-state index contributed by atoms with van der Waals surface area (Å²) in [6, 6.07) is 7.93. The lowest BCUT2D eigenvalue weighted by Crippen LogP contribution is -2.50. The SMILES string of the molecule is N[C@]1(C(=O)O)CCN(Cc2ccc3occc3c2)C1. The number of carboxylic acids is 1. The summed E-state index contributed by atoms with van der Waals surface area (Å²) < 4.78 is 5.30. The third-order valence-corrected chi connectivity index (χ3v) is 3.73. The average molecular weight is 260 g/mol. The van der Waals surface area contributed by atoms with Crippen molar-refractivity contribution < 1.29 is 14.3 Å². The second-order valence-electron chi connectivity index (χ2n) is 5.21. The Morgan fingerprint density at radius 2 is 2.32 bits per heavy atom. The van der Waals surface area contributed by atoms with E-state index in [1.807, 2.05) is 18.2 Å². The number of furan rings is 1. The van der Waals surface area contributed by atoms with E-state index in [9.17, 15) is 4.79 Å². The number of likely N-dealkylation sites (tertiary alicyclic amines) is 1. The summed E-state index contributed by atoms with van der Waals surface area (Å²) in [5, 5.41) is 10.2. The first kappa shape index (κ1) is 12.2. The molecule has 1 aliphatic rings. The first-order chi connectivity index (χ1) is 9.07. The predicted molar refractivity (Wildman–Crippen MR) is 70.7 cm³/mol. The van der Waals surface area contributed by atoms with Crippen LogP contribution in [-0.4, -0.2) is 34.6 Å². The number of nitrogens with zero attached hydrogens (tertiary/aromatic N) is 1. The molecule has 0 saturated carbocycles. The third-order valence-electron chi connectivity index (χ3n) is 3.73. The standard InChI is InChI=1S/C14H16N2O3/c15-14(13(17)18)4-5-16(9-14)8-10-1-2-12-11(7-10)3-6-19-12/h1-3,6-7H,4-5,8-9,15H2,(H,17,18)/t14-/m1/s1. The lowest BCUT2D eigenvalue weighted by atomic mass is 10.0. The number of rotatable bonds is 3. The maximum atomic E-state index is 11.1. The summed E-state index contributed by atoms with van der Waals surface area (Å²) >= 11 is 0. The highest BCUT2D eigenvalue weighted by molar-refractivity contribution is 5.79. The van der Waals surface area contributed by atoms with E-state index in [1.54, 1.807) is 6.26 Å². The second kappa shape index (κ2) is 4.36. The van der Waals surface area contributed by atoms with Gasteiger partial charge in [-0.3, -0.25) is 9.69 Å². The Kier molecular flexibility index (Phi) is 2.80. The molecule has 3 N–H and O–H groups in total. The topological polar surface area (TPSA) is 79.7 Å². The van der Waals surface area contributed by atoms with Crippen molar-refractivity contribution >= 4 is 16.9 Å². The molecule has 0 spiro atoms. The fourth-order valence-electron chi connectivity index (χ4n) is 2.60. The van der Waals surface area contributed by atoms with Gasteiger partial charge in [0.2, 0.25) is 0 Å². The van der Waals surface area contributed by atoms with Crippen LogP contribution >= 0.6 is 0 Å². The maximum absolute atomic E-state index is 11.1. The molecule has 0 aliphatic carbocycles. The van der Waals surface area contributed by atoms with E-state index in [0.717, 1.165) is 16.5 Å². The Morgan fingerprint density at radius 3 is 3.05 bits per heavy atom. The van der Waals surface area contributed by atoms with E-state index in [4.69, 9.17) is 15.3 Å². The minimum Gasteiger partial charge on any atom is -0.480 e. The molecule has 5 heteroatoms. The quantitative estimate of drug-likeness (QED) is 0.872. The van der Waals surface area contributed by atoms with Crippen molar-refractivity contribution in [1.29, 1.82) is 0 Å². The molecule has 0 unspecified atom stereocenters. The monoisotopic (exact) mass is 260 g/mol. The van der Waals surface area contributed by atoms with Gasteiger partial charge < -0.3 is 15.3 Å². The Balaban J connectivity index is 1.74. The fraction of sp³-hybridized carbons (Fsp3) is 0.357. The lowest BCUT2D eigenvalue weighted by Gasteiger charge is -2.20. The summed E-state index contributed by atoms with van der Waals surface area (Å²) in [6.45, 7) is 1.82. The van der Waals surface area contributed by atoms with Crippen molar-refractivity contribution in [2.45, 2.75) is 18.5 Å². The van der Waals surface area contributed by atoms with Crippen LogP contribution in [-0.2, 0) is 11.3 Å². The minimum absolute atomic E-state index is 0.395. The zero-order valence-electron chi connectivity index (χ0n) is 10.5. The molecule has 1 aliphatic heterocycles. The number of aliphatic carboxylic acids is 1. The summed E-state index contributed by atoms with van der Waals surface area (Å²) in [5.41, 5.74) is 6.77. The highest BCUT2D eigenvalue weighted by atomic mass is 16.4. The summed E-state index contributed by atoms with van der Waals surface area (Å²) in [5.74, 6) is -0.916. The van der Waals surface area contributed by atoms with Crippen LogP contribution in [0.5, 0.6) is 0 Å². The molecule has 100 valence electrons. The van der Waals surface area contributed by atoms with Crippen LogP contribution in [0.15, 0.2) is 34.9 Å². The minimum atomic E-state index is -1.10. The zero-order chi connectivity index (χ0) is 13.5. The van der Waals surface area contributed by atoms with Gasteiger partial charge in [-0.1, -0.05) is 6.07 Å². The van der Waals surface area contributed by atoms with Gasteiger partial charge in [0.05, 0.1) is 6.26 Å². The van der Waals surface area contributed by atoms with E-state index in [1.165, 1.54) is 0 Å². The number of carbonyl (C=O) groups is 1. The molecule has 1 saturated heterocycles. The van der Waals surface area contributed by atoms with Crippen LogP contribution in [0.1, 0.15) is 12.0 Å². The van der Waals surface area contributed by atoms with Crippen molar-refractivity contribution in [3.05, 3.63) is 36.1 Å². The smallest absolute Gasteiger partial charge is 0.325 e. The second-order valence-corrected chi connectivity index (χ2v) is 5.21. The molecule has 2 heterocycles. The van der Waals surface area contributed by atoms with Gasteiger partial charge in [0.15, 0.2) is 0 Å². The van der Waals surface area contributed by atoms with Gasteiger partial charge in [-0.05, 0) is 30.2 Å². The molecular formula is C14H16N2O3. The van der Waals surface area contributed by atoms with Crippen LogP contribution < -0.4 is 5.73 Å². The van der Waals surface area contributed by atoms with Crippen molar-refractivity contribution in [3.63, 3.8) is 0 Å². The van der Waals surface area contributed by atoms with E-state index in [0.29, 0.717) is 26.1 Å². The van der Waals surface area contributed by atoms with E-state index >= 15 is 0 Å². The molecule has 1 aromatic heterocycles. The number of nitrogens with two attached hydrogens (primary N) is 1. The van der Waals surface area contributed by atoms with Crippen molar-refractivity contribution in [1.82, 2.24) is 4.90 Å². The van der Waals surface area contributed by atoms with Gasteiger partial charge in [0.1, 0.15) is 11.1 Å². The maximum Gasteiger partial charge on any atom is 0.325 e. The van der Waals surface area contributed by atoms with Gasteiger partial charge in [-0.25, -0.2) is 0 Å². The molecule has 1 aromatic carbocycles. The molecule has 0 bridgehead atoms. The van der Waals surface area contributed by atoms with Gasteiger partial charge in [0.25, 0.3) is 0 Å². The van der Waals surface area contributed by atoms with Gasteiger partial charge in [-0.2, -0.15) is 0 Å². The molecular weight excluding hydrogens is 244 g/mol. The summed E-state index contributed by atoms with van der Waals surface area (Å²) in [4.78, 5) is 13.2. The van der Waals surface area contributed by atoms with Gasteiger partial charge in [-0.15, -0.1) is 0 Å². The number of fused-ring (bicyclic) bond motifs is 1. The van der Waals surface area contributed by atoms with Crippen LogP contribution in [0.3, 0.4) is 0 Å². The number of hydrogen-bond donors (Lipinski definition) is 2. The van der Waals surface area contributed by atoms with Crippen molar-refractivity contribution in [2.24, 2.45) is 5.73 Å². The van der Waals surface area contributed by atoms with Crippen LogP contribution in [0, 0.1) is 0 Å². The first-order valence-corrected chi connectivity index (χ1v) is 6.28. The molecule has 3 rings (SSSR count). The molecule has 1 fully saturated rings. The van der Waals surface area contributed by atoms with E-state index in [2.05, 4.69) is 11.0 Å². The summed E-state index contributed by atoms with van der Waals surface area (Å²) in [6.07, 6.45) is 2.16. The number of carboxylic acid groups (broad SMARTS) is 1. The van der Waals surface area contributed by atoms with Crippen LogP contribution in [0.4, 0.5) is 0 Å². The highest BCUT2D eigenvalue weighted by Gasteiger charge is 2.40. The highest BCUT2D eigenvalue weighted by Crippen LogP contribution is 2.23. The van der Waals surface area contributed by atoms with Crippen molar-refractivity contribution in [3.8, 4) is 0 Å². The Morgan fingerprint density at radius 1 is 1.47 bits per heavy atom. The van der Waals surface area contributed by atoms with Crippen LogP contribution in [0.25, 0.3) is 11.0 Å². The Hall–Kier alpha value is -1.85. The predicted octanol–water partition coefficient (Wildman–Crippen LogP) is 1.42. The summed E-state index contributed by atoms with van der Waals surface area (Å²) in [7, 11) is 0. The lowest BCUT2D eigenvalue weighted by molar-refractivity contribution is -0.142. The Bertz CT molecular complexity index is 622. The van der Waals surface area contributed by atoms with Gasteiger partial charge >= 0.3 is 5.97 Å². The molecule has 5 nitrogen and oxygen atoms in total. The van der Waals surface area contributed by atoms with Crippen molar-refractivity contribution in [2.75, 3.05) is 13.1 Å². The van der Waals surface area contributed by atoms with Crippen LogP contribution in [0.2, 0.25) is 0 Å².